The first kappa shape index (κ1) is 25.5. The first-order valence-electron chi connectivity index (χ1n) is 11.6. The molecule has 0 fully saturated rings. The van der Waals surface area contributed by atoms with E-state index in [0.717, 1.165) is 16.5 Å². The van der Waals surface area contributed by atoms with Crippen LogP contribution < -0.4 is 9.47 Å². The summed E-state index contributed by atoms with van der Waals surface area (Å²) in [5.41, 5.74) is 3.03. The van der Waals surface area contributed by atoms with Crippen LogP contribution in [-0.2, 0) is 6.42 Å². The van der Waals surface area contributed by atoms with Gasteiger partial charge in [0.15, 0.2) is 23.1 Å². The molecule has 2 aromatic heterocycles. The van der Waals surface area contributed by atoms with Crippen molar-refractivity contribution in [1.29, 1.82) is 0 Å². The van der Waals surface area contributed by atoms with Crippen molar-refractivity contribution in [3.8, 4) is 22.8 Å². The maximum atomic E-state index is 14.2. The van der Waals surface area contributed by atoms with E-state index >= 15 is 0 Å². The third-order valence-electron chi connectivity index (χ3n) is 5.82. The molecular weight excluding hydrogens is 481 g/mol. The van der Waals surface area contributed by atoms with Crippen molar-refractivity contribution in [3.05, 3.63) is 76.5 Å². The first-order valence-corrected chi connectivity index (χ1v) is 12.5. The predicted molar refractivity (Wildman–Crippen MR) is 138 cm³/mol. The van der Waals surface area contributed by atoms with E-state index in [4.69, 9.17) is 14.6 Å². The molecule has 4 aromatic rings. The lowest BCUT2D eigenvalue weighted by atomic mass is 10.0. The summed E-state index contributed by atoms with van der Waals surface area (Å²) < 4.78 is 25.4. The summed E-state index contributed by atoms with van der Waals surface area (Å²) in [6, 6.07) is 13.4. The van der Waals surface area contributed by atoms with Crippen molar-refractivity contribution in [2.75, 3.05) is 20.3 Å². The van der Waals surface area contributed by atoms with Crippen molar-refractivity contribution < 1.29 is 28.6 Å². The Bertz CT molecular complexity index is 1410. The van der Waals surface area contributed by atoms with Gasteiger partial charge < -0.3 is 14.6 Å². The smallest absolute Gasteiger partial charge is 0.181 e. The summed E-state index contributed by atoms with van der Waals surface area (Å²) in [6.07, 6.45) is 0.719. The highest BCUT2D eigenvalue weighted by Gasteiger charge is 2.18. The van der Waals surface area contributed by atoms with E-state index in [-0.39, 0.29) is 43.4 Å². The average molecular weight is 508 g/mol. The summed E-state index contributed by atoms with van der Waals surface area (Å²) in [5.74, 6) is 0.0759. The number of rotatable bonds is 11. The molecule has 8 heteroatoms. The molecule has 0 amide bonds. The van der Waals surface area contributed by atoms with E-state index in [9.17, 15) is 14.0 Å². The highest BCUT2D eigenvalue weighted by molar-refractivity contribution is 7.17. The number of hydrogen-bond donors (Lipinski definition) is 1. The van der Waals surface area contributed by atoms with E-state index in [1.165, 1.54) is 24.5 Å². The Morgan fingerprint density at radius 1 is 1.06 bits per heavy atom. The summed E-state index contributed by atoms with van der Waals surface area (Å²) in [5, 5.41) is 11.6. The predicted octanol–water partition coefficient (Wildman–Crippen LogP) is 5.89. The number of benzene rings is 2. The van der Waals surface area contributed by atoms with Crippen LogP contribution in [0.3, 0.4) is 0 Å². The Labute approximate surface area is 212 Å². The van der Waals surface area contributed by atoms with Crippen molar-refractivity contribution >= 4 is 33.0 Å². The molecule has 0 atom stereocenters. The van der Waals surface area contributed by atoms with E-state index in [0.29, 0.717) is 39.6 Å². The standard InChI is InChI=1S/C28H26FNO5S/c1-3-17-13-22(20-16-36-28-19(20)5-4-6-21(28)29)30-23(14-17)25(33)9-8-24(32)18-7-10-26(35-12-11-31)27(15-18)34-2/h4-7,10,13-16,31H,3,8-9,11-12H2,1-2H3. The number of methoxy groups -OCH3 is 1. The van der Waals surface area contributed by atoms with Gasteiger partial charge in [-0.15, -0.1) is 11.3 Å². The molecule has 0 unspecified atom stereocenters. The van der Waals surface area contributed by atoms with Gasteiger partial charge in [0.05, 0.1) is 24.1 Å². The first-order chi connectivity index (χ1) is 17.4. The summed E-state index contributed by atoms with van der Waals surface area (Å²) in [6.45, 7) is 1.96. The van der Waals surface area contributed by atoms with Gasteiger partial charge in [-0.1, -0.05) is 19.1 Å². The molecule has 1 N–H and O–H groups in total. The molecule has 0 bridgehead atoms. The van der Waals surface area contributed by atoms with Gasteiger partial charge in [-0.25, -0.2) is 9.37 Å². The van der Waals surface area contributed by atoms with Gasteiger partial charge in [0.25, 0.3) is 0 Å². The fourth-order valence-corrected chi connectivity index (χ4v) is 4.88. The topological polar surface area (TPSA) is 85.7 Å². The zero-order valence-electron chi connectivity index (χ0n) is 20.0. The molecular formula is C28H26FNO5S. The molecule has 0 saturated carbocycles. The molecule has 2 aromatic carbocycles. The SMILES string of the molecule is CCc1cc(C(=O)CCC(=O)c2ccc(OCCO)c(OC)c2)nc(-c2csc3c(F)cccc23)c1. The Balaban J connectivity index is 1.53. The maximum Gasteiger partial charge on any atom is 0.181 e. The number of pyridine rings is 1. The van der Waals surface area contributed by atoms with Gasteiger partial charge in [-0.2, -0.15) is 0 Å². The second-order valence-corrected chi connectivity index (χ2v) is 9.03. The van der Waals surface area contributed by atoms with E-state index < -0.39 is 0 Å². The lowest BCUT2D eigenvalue weighted by molar-refractivity contribution is 0.0915. The van der Waals surface area contributed by atoms with Crippen molar-refractivity contribution in [2.24, 2.45) is 0 Å². The molecule has 6 nitrogen and oxygen atoms in total. The molecule has 0 aliphatic carbocycles. The van der Waals surface area contributed by atoms with Crippen molar-refractivity contribution in [1.82, 2.24) is 4.98 Å². The number of fused-ring (bicyclic) bond motifs is 1. The monoisotopic (exact) mass is 507 g/mol. The Morgan fingerprint density at radius 2 is 1.86 bits per heavy atom. The molecule has 4 rings (SSSR count). The number of aliphatic hydroxyl groups excluding tert-OH is 1. The van der Waals surface area contributed by atoms with Gasteiger partial charge in [-0.3, -0.25) is 9.59 Å². The van der Waals surface area contributed by atoms with Gasteiger partial charge in [0.2, 0.25) is 0 Å². The highest BCUT2D eigenvalue weighted by Crippen LogP contribution is 2.35. The molecule has 0 radical (unpaired) electrons. The number of aryl methyl sites for hydroxylation is 1. The minimum atomic E-state index is -0.283. The van der Waals surface area contributed by atoms with Gasteiger partial charge in [0.1, 0.15) is 18.1 Å². The molecule has 2 heterocycles. The number of thiophene rings is 1. The fraction of sp³-hybridized carbons (Fsp3) is 0.250. The Kier molecular flexibility index (Phi) is 8.07. The third-order valence-corrected chi connectivity index (χ3v) is 6.82. The number of carbonyl (C=O) groups excluding carboxylic acids is 2. The highest BCUT2D eigenvalue weighted by atomic mass is 32.1. The lowest BCUT2D eigenvalue weighted by Crippen LogP contribution is -2.09. The van der Waals surface area contributed by atoms with Crippen LogP contribution in [0.15, 0.2) is 53.9 Å². The van der Waals surface area contributed by atoms with Gasteiger partial charge >= 0.3 is 0 Å². The number of carbonyl (C=O) groups is 2. The normalized spacial score (nSPS) is 11.0. The van der Waals surface area contributed by atoms with Crippen LogP contribution in [0.5, 0.6) is 11.5 Å². The summed E-state index contributed by atoms with van der Waals surface area (Å²) in [7, 11) is 1.47. The molecule has 0 saturated heterocycles. The summed E-state index contributed by atoms with van der Waals surface area (Å²) >= 11 is 1.31. The number of ketones is 2. The van der Waals surface area contributed by atoms with Crippen LogP contribution in [0.25, 0.3) is 21.3 Å². The number of aliphatic hydroxyl groups is 1. The number of ether oxygens (including phenoxy) is 2. The minimum Gasteiger partial charge on any atom is -0.493 e. The van der Waals surface area contributed by atoms with Crippen LogP contribution in [0.4, 0.5) is 4.39 Å². The molecule has 0 aliphatic rings. The second-order valence-electron chi connectivity index (χ2n) is 8.15. The zero-order valence-corrected chi connectivity index (χ0v) is 20.9. The second kappa shape index (κ2) is 11.4. The van der Waals surface area contributed by atoms with Gasteiger partial charge in [0, 0.05) is 34.7 Å². The van der Waals surface area contributed by atoms with E-state index in [1.54, 1.807) is 30.3 Å². The van der Waals surface area contributed by atoms with E-state index in [1.807, 2.05) is 24.4 Å². The number of nitrogens with zero attached hydrogens (tertiary/aromatic N) is 1. The number of hydrogen-bond acceptors (Lipinski definition) is 7. The largest absolute Gasteiger partial charge is 0.493 e. The number of Topliss-reactive ketones (excluding diaryl/α,β-unsaturated/α-hetero) is 2. The van der Waals surface area contributed by atoms with Crippen LogP contribution in [0.2, 0.25) is 0 Å². The van der Waals surface area contributed by atoms with Crippen molar-refractivity contribution in [3.63, 3.8) is 0 Å². The Hall–Kier alpha value is -3.62. The quantitative estimate of drug-likeness (QED) is 0.255. The molecule has 36 heavy (non-hydrogen) atoms. The average Bonchev–Trinajstić information content (AvgIpc) is 3.35. The van der Waals surface area contributed by atoms with Crippen LogP contribution in [-0.4, -0.2) is 42.0 Å². The van der Waals surface area contributed by atoms with E-state index in [2.05, 4.69) is 4.98 Å². The minimum absolute atomic E-state index is 0.00251. The number of aromatic nitrogens is 1. The maximum absolute atomic E-state index is 14.2. The van der Waals surface area contributed by atoms with Crippen molar-refractivity contribution in [2.45, 2.75) is 26.2 Å². The number of halogens is 1. The molecule has 0 aliphatic heterocycles. The zero-order chi connectivity index (χ0) is 25.7. The van der Waals surface area contributed by atoms with Crippen LogP contribution in [0, 0.1) is 5.82 Å². The Morgan fingerprint density at radius 3 is 2.61 bits per heavy atom. The summed E-state index contributed by atoms with van der Waals surface area (Å²) in [4.78, 5) is 30.4. The molecule has 0 spiro atoms. The molecule has 186 valence electrons. The third kappa shape index (κ3) is 5.45. The van der Waals surface area contributed by atoms with Crippen LogP contribution >= 0.6 is 11.3 Å². The fourth-order valence-electron chi connectivity index (χ4n) is 3.91. The lowest BCUT2D eigenvalue weighted by Gasteiger charge is -2.11. The van der Waals surface area contributed by atoms with Crippen LogP contribution in [0.1, 0.15) is 46.2 Å². The van der Waals surface area contributed by atoms with Gasteiger partial charge in [-0.05, 0) is 48.4 Å².